The van der Waals surface area contributed by atoms with Crippen molar-refractivity contribution >= 4 is 9.76 Å². The third-order valence-corrected chi connectivity index (χ3v) is 7.52. The molecule has 0 amide bonds. The van der Waals surface area contributed by atoms with Gasteiger partial charge in [0.15, 0.2) is 0 Å². The molecule has 2 aromatic heterocycles. The second kappa shape index (κ2) is 18.5. The number of rotatable bonds is 21. The lowest BCUT2D eigenvalue weighted by Crippen LogP contribution is -2.11. The number of hydrogen-bond donors (Lipinski definition) is 0. The van der Waals surface area contributed by atoms with Gasteiger partial charge in [-0.1, -0.05) is 72.6 Å². The molecule has 2 heterocycles. The summed E-state index contributed by atoms with van der Waals surface area (Å²) in [6.45, 7) is 11.0. The first-order chi connectivity index (χ1) is 17.6. The van der Waals surface area contributed by atoms with Crippen LogP contribution >= 0.6 is 0 Å². The van der Waals surface area contributed by atoms with Crippen molar-refractivity contribution in [3.05, 3.63) is 36.4 Å². The van der Waals surface area contributed by atoms with E-state index in [1.54, 1.807) is 6.20 Å². The van der Waals surface area contributed by atoms with Crippen LogP contribution in [0.25, 0.3) is 11.3 Å². The van der Waals surface area contributed by atoms with Gasteiger partial charge in [-0.05, 0) is 62.1 Å². The molecule has 0 bridgehead atoms. The molecule has 0 spiro atoms. The highest BCUT2D eigenvalue weighted by atomic mass is 28.2. The van der Waals surface area contributed by atoms with E-state index in [1.165, 1.54) is 64.2 Å². The summed E-state index contributed by atoms with van der Waals surface area (Å²) in [4.78, 5) is 13.8. The van der Waals surface area contributed by atoms with Gasteiger partial charge in [-0.3, -0.25) is 9.97 Å². The standard InChI is InChI=1S/C30H49N3O2Si/c1-5-7-9-12-21-34-22-13-10-16-26-24-33-28(25-32-26)27-17-15-20-31-29(27)35-36-23-14-11-19-30(3,4)18-8-6-2/h15,17,20,24-25H,5-14,16,18-19,21-23H2,1-4H3. The van der Waals surface area contributed by atoms with E-state index in [0.29, 0.717) is 21.1 Å². The van der Waals surface area contributed by atoms with E-state index in [-0.39, 0.29) is 0 Å². The molecule has 0 unspecified atom stereocenters. The Morgan fingerprint density at radius 2 is 1.58 bits per heavy atom. The summed E-state index contributed by atoms with van der Waals surface area (Å²) in [7, 11) is 0.419. The molecule has 0 atom stereocenters. The molecular formula is C30H49N3O2Si. The average molecular weight is 512 g/mol. The van der Waals surface area contributed by atoms with Crippen LogP contribution in [0.2, 0.25) is 6.04 Å². The fourth-order valence-electron chi connectivity index (χ4n) is 4.23. The van der Waals surface area contributed by atoms with Gasteiger partial charge in [0.05, 0.1) is 23.1 Å². The Kier molecular flexibility index (Phi) is 15.6. The van der Waals surface area contributed by atoms with Gasteiger partial charge >= 0.3 is 9.76 Å². The fourth-order valence-corrected chi connectivity index (χ4v) is 5.03. The van der Waals surface area contributed by atoms with Gasteiger partial charge in [0, 0.05) is 25.6 Å². The molecule has 0 aliphatic heterocycles. The molecule has 6 heteroatoms. The molecule has 200 valence electrons. The maximum Gasteiger partial charge on any atom is 0.312 e. The van der Waals surface area contributed by atoms with Crippen LogP contribution in [0.1, 0.15) is 110 Å². The monoisotopic (exact) mass is 511 g/mol. The number of ether oxygens (including phenoxy) is 1. The van der Waals surface area contributed by atoms with Crippen molar-refractivity contribution in [2.45, 2.75) is 117 Å². The van der Waals surface area contributed by atoms with Gasteiger partial charge < -0.3 is 9.16 Å². The van der Waals surface area contributed by atoms with Gasteiger partial charge in [-0.2, -0.15) is 0 Å². The van der Waals surface area contributed by atoms with Gasteiger partial charge in [0.25, 0.3) is 0 Å². The summed E-state index contributed by atoms with van der Waals surface area (Å²) in [6.07, 6.45) is 21.3. The third-order valence-electron chi connectivity index (χ3n) is 6.62. The highest BCUT2D eigenvalue weighted by molar-refractivity contribution is 6.28. The molecule has 0 aliphatic carbocycles. The number of aryl methyl sites for hydroxylation is 1. The van der Waals surface area contributed by atoms with Crippen molar-refractivity contribution in [1.29, 1.82) is 0 Å². The first-order valence-corrected chi connectivity index (χ1v) is 15.4. The van der Waals surface area contributed by atoms with Gasteiger partial charge in [-0.15, -0.1) is 0 Å². The Balaban J connectivity index is 1.69. The van der Waals surface area contributed by atoms with Crippen LogP contribution < -0.4 is 4.43 Å². The van der Waals surface area contributed by atoms with Crippen LogP contribution in [-0.4, -0.2) is 37.9 Å². The summed E-state index contributed by atoms with van der Waals surface area (Å²) < 4.78 is 11.8. The Morgan fingerprint density at radius 1 is 0.806 bits per heavy atom. The number of pyridine rings is 1. The summed E-state index contributed by atoms with van der Waals surface area (Å²) in [6, 6.07) is 5.03. The van der Waals surface area contributed by atoms with Crippen LogP contribution in [0.3, 0.4) is 0 Å². The molecule has 0 saturated heterocycles. The maximum atomic E-state index is 6.09. The zero-order valence-electron chi connectivity index (χ0n) is 23.4. The van der Waals surface area contributed by atoms with Crippen LogP contribution in [0.5, 0.6) is 5.88 Å². The van der Waals surface area contributed by atoms with Gasteiger partial charge in [-0.25, -0.2) is 4.98 Å². The Labute approximate surface area is 223 Å². The van der Waals surface area contributed by atoms with E-state index < -0.39 is 0 Å². The molecular weight excluding hydrogens is 462 g/mol. The molecule has 0 saturated carbocycles. The van der Waals surface area contributed by atoms with Crippen molar-refractivity contribution in [3.8, 4) is 17.1 Å². The van der Waals surface area contributed by atoms with Crippen LogP contribution in [0.4, 0.5) is 0 Å². The average Bonchev–Trinajstić information content (AvgIpc) is 2.89. The quantitative estimate of drug-likeness (QED) is 0.125. The van der Waals surface area contributed by atoms with E-state index >= 15 is 0 Å². The van der Waals surface area contributed by atoms with Gasteiger partial charge in [0.1, 0.15) is 0 Å². The number of nitrogens with zero attached hydrogens (tertiary/aromatic N) is 3. The molecule has 36 heavy (non-hydrogen) atoms. The molecule has 2 rings (SSSR count). The predicted molar refractivity (Wildman–Crippen MR) is 152 cm³/mol. The lowest BCUT2D eigenvalue weighted by atomic mass is 9.82. The minimum Gasteiger partial charge on any atom is -0.528 e. The number of unbranched alkanes of at least 4 members (excludes halogenated alkanes) is 6. The lowest BCUT2D eigenvalue weighted by molar-refractivity contribution is 0.126. The van der Waals surface area contributed by atoms with E-state index in [0.717, 1.165) is 55.5 Å². The molecule has 2 radical (unpaired) electrons. The fraction of sp³-hybridized carbons (Fsp3) is 0.700. The Morgan fingerprint density at radius 3 is 2.33 bits per heavy atom. The zero-order valence-corrected chi connectivity index (χ0v) is 24.4. The summed E-state index contributed by atoms with van der Waals surface area (Å²) in [5.41, 5.74) is 3.22. The SMILES string of the molecule is CCCCCCOCCCCc1cnc(-c2cccnc2O[Si]CCCCC(C)(C)CCCC)cn1. The molecule has 0 fully saturated rings. The second-order valence-electron chi connectivity index (χ2n) is 10.6. The molecule has 2 aromatic rings. The van der Waals surface area contributed by atoms with Crippen LogP contribution in [0, 0.1) is 5.41 Å². The molecule has 0 N–H and O–H groups in total. The topological polar surface area (TPSA) is 57.1 Å². The summed E-state index contributed by atoms with van der Waals surface area (Å²) in [5.74, 6) is 0.664. The minimum atomic E-state index is 0.419. The zero-order chi connectivity index (χ0) is 25.9. The van der Waals surface area contributed by atoms with E-state index in [4.69, 9.17) is 9.16 Å². The second-order valence-corrected chi connectivity index (χ2v) is 11.6. The van der Waals surface area contributed by atoms with Crippen molar-refractivity contribution < 1.29 is 9.16 Å². The number of hydrogen-bond acceptors (Lipinski definition) is 5. The Bertz CT molecular complexity index is 814. The first-order valence-electron chi connectivity index (χ1n) is 14.3. The highest BCUT2D eigenvalue weighted by Crippen LogP contribution is 2.30. The maximum absolute atomic E-state index is 6.09. The number of aromatic nitrogens is 3. The van der Waals surface area contributed by atoms with Crippen LogP contribution in [0.15, 0.2) is 30.7 Å². The van der Waals surface area contributed by atoms with Crippen molar-refractivity contribution in [2.75, 3.05) is 13.2 Å². The normalized spacial score (nSPS) is 11.7. The summed E-state index contributed by atoms with van der Waals surface area (Å²) >= 11 is 0. The minimum absolute atomic E-state index is 0.419. The van der Waals surface area contributed by atoms with E-state index in [9.17, 15) is 0 Å². The third kappa shape index (κ3) is 13.0. The lowest BCUT2D eigenvalue weighted by Gasteiger charge is -2.24. The molecule has 5 nitrogen and oxygen atoms in total. The first kappa shape index (κ1) is 30.4. The van der Waals surface area contributed by atoms with Crippen molar-refractivity contribution in [3.63, 3.8) is 0 Å². The Hall–Kier alpha value is -1.79. The summed E-state index contributed by atoms with van der Waals surface area (Å²) in [5, 5.41) is 0. The smallest absolute Gasteiger partial charge is 0.312 e. The van der Waals surface area contributed by atoms with Gasteiger partial charge in [0.2, 0.25) is 5.88 Å². The highest BCUT2D eigenvalue weighted by Gasteiger charge is 2.16. The van der Waals surface area contributed by atoms with E-state index in [2.05, 4.69) is 42.6 Å². The van der Waals surface area contributed by atoms with Crippen molar-refractivity contribution in [1.82, 2.24) is 15.0 Å². The van der Waals surface area contributed by atoms with Crippen LogP contribution in [-0.2, 0) is 11.2 Å². The van der Waals surface area contributed by atoms with Crippen molar-refractivity contribution in [2.24, 2.45) is 5.41 Å². The largest absolute Gasteiger partial charge is 0.528 e. The molecule has 0 aliphatic rings. The molecule has 0 aromatic carbocycles. The van der Waals surface area contributed by atoms with E-state index in [1.807, 2.05) is 24.5 Å². The predicted octanol–water partition coefficient (Wildman–Crippen LogP) is 8.26.